The Morgan fingerprint density at radius 1 is 1.36 bits per heavy atom. The monoisotopic (exact) mass is 386 g/mol. The Morgan fingerprint density at radius 3 is 2.56 bits per heavy atom. The lowest BCUT2D eigenvalue weighted by Gasteiger charge is -2.31. The summed E-state index contributed by atoms with van der Waals surface area (Å²) in [5.41, 5.74) is 0.207. The normalized spacial score (nSPS) is 20.4. The first-order chi connectivity index (χ1) is 11.7. The zero-order valence-corrected chi connectivity index (χ0v) is 16.1. The van der Waals surface area contributed by atoms with E-state index in [2.05, 4.69) is 5.32 Å². The van der Waals surface area contributed by atoms with Gasteiger partial charge in [-0.25, -0.2) is 4.79 Å². The number of hydrogen-bond donors (Lipinski definition) is 2. The van der Waals surface area contributed by atoms with Gasteiger partial charge in [-0.2, -0.15) is 0 Å². The van der Waals surface area contributed by atoms with Crippen molar-refractivity contribution in [1.82, 2.24) is 10.2 Å². The van der Waals surface area contributed by atoms with Crippen LogP contribution in [0.2, 0.25) is 5.02 Å². The van der Waals surface area contributed by atoms with Crippen LogP contribution in [0.15, 0.2) is 24.3 Å². The zero-order valence-electron chi connectivity index (χ0n) is 14.5. The lowest BCUT2D eigenvalue weighted by molar-refractivity contribution is -0.125. The van der Waals surface area contributed by atoms with Gasteiger partial charge >= 0.3 is 6.09 Å². The molecule has 6 nitrogen and oxygen atoms in total. The number of benzene rings is 1. The summed E-state index contributed by atoms with van der Waals surface area (Å²) in [5.74, 6) is 0.146. The number of nitrogens with one attached hydrogen (secondary N) is 1. The topological polar surface area (TPSA) is 78.9 Å². The minimum atomic E-state index is -0.666. The van der Waals surface area contributed by atoms with Crippen LogP contribution in [0.1, 0.15) is 31.7 Å². The van der Waals surface area contributed by atoms with Crippen molar-refractivity contribution in [3.8, 4) is 0 Å². The molecular formula is C17H23ClN2O4S. The van der Waals surface area contributed by atoms with E-state index in [1.807, 2.05) is 12.1 Å². The Balaban J connectivity index is 2.27. The molecule has 1 aliphatic rings. The van der Waals surface area contributed by atoms with Crippen LogP contribution in [0.5, 0.6) is 0 Å². The average Bonchev–Trinajstić information content (AvgIpc) is 2.97. The van der Waals surface area contributed by atoms with Crippen LogP contribution in [0.4, 0.5) is 4.79 Å². The molecule has 138 valence electrons. The number of aliphatic hydroxyl groups is 1. The number of thioether (sulfide) groups is 1. The number of rotatable bonds is 4. The molecule has 2 atom stereocenters. The minimum absolute atomic E-state index is 0.147. The third kappa shape index (κ3) is 5.26. The highest BCUT2D eigenvalue weighted by Gasteiger charge is 2.44. The number of hydrogen-bond acceptors (Lipinski definition) is 5. The maximum atomic E-state index is 12.7. The molecule has 0 radical (unpaired) electrons. The molecule has 1 aromatic rings. The van der Waals surface area contributed by atoms with Crippen LogP contribution in [-0.2, 0) is 9.53 Å². The van der Waals surface area contributed by atoms with Crippen LogP contribution < -0.4 is 5.32 Å². The van der Waals surface area contributed by atoms with E-state index in [0.29, 0.717) is 10.8 Å². The number of ether oxygens (including phenoxy) is 1. The quantitative estimate of drug-likeness (QED) is 0.831. The molecule has 1 heterocycles. The number of carbonyl (C=O) groups is 2. The van der Waals surface area contributed by atoms with Gasteiger partial charge in [-0.05, 0) is 38.5 Å². The van der Waals surface area contributed by atoms with Gasteiger partial charge in [-0.15, -0.1) is 11.8 Å². The summed E-state index contributed by atoms with van der Waals surface area (Å²) in [5, 5.41) is 11.8. The van der Waals surface area contributed by atoms with Gasteiger partial charge in [-0.3, -0.25) is 9.69 Å². The van der Waals surface area contributed by atoms with Crippen LogP contribution in [0, 0.1) is 0 Å². The molecule has 0 aromatic heterocycles. The smallest absolute Gasteiger partial charge is 0.412 e. The van der Waals surface area contributed by atoms with Gasteiger partial charge in [0, 0.05) is 17.3 Å². The van der Waals surface area contributed by atoms with Gasteiger partial charge in [0.2, 0.25) is 5.91 Å². The van der Waals surface area contributed by atoms with E-state index >= 15 is 0 Å². The largest absolute Gasteiger partial charge is 0.444 e. The standard InChI is InChI=1S/C17H23ClN2O4S/c1-17(2,3)24-16(23)20-13(14(22)19-8-9-21)10-25-15(20)11-4-6-12(18)7-5-11/h4-7,13,15,21H,8-10H2,1-3H3,(H,19,22). The Kier molecular flexibility index (Phi) is 6.59. The predicted molar refractivity (Wildman–Crippen MR) is 98.6 cm³/mol. The van der Waals surface area contributed by atoms with Crippen molar-refractivity contribution in [2.45, 2.75) is 37.8 Å². The fraction of sp³-hybridized carbons (Fsp3) is 0.529. The summed E-state index contributed by atoms with van der Waals surface area (Å²) in [6.45, 7) is 5.34. The van der Waals surface area contributed by atoms with Crippen LogP contribution in [-0.4, -0.2) is 52.6 Å². The highest BCUT2D eigenvalue weighted by molar-refractivity contribution is 7.99. The molecule has 2 unspecified atom stereocenters. The fourth-order valence-electron chi connectivity index (χ4n) is 2.43. The van der Waals surface area contributed by atoms with E-state index in [0.717, 1.165) is 5.56 Å². The molecule has 25 heavy (non-hydrogen) atoms. The second kappa shape index (κ2) is 8.29. The number of nitrogens with zero attached hydrogens (tertiary/aromatic N) is 1. The van der Waals surface area contributed by atoms with Gasteiger partial charge in [0.15, 0.2) is 0 Å². The van der Waals surface area contributed by atoms with E-state index in [1.54, 1.807) is 32.9 Å². The van der Waals surface area contributed by atoms with Crippen molar-refractivity contribution in [3.63, 3.8) is 0 Å². The van der Waals surface area contributed by atoms with Crippen molar-refractivity contribution in [2.24, 2.45) is 0 Å². The maximum Gasteiger partial charge on any atom is 0.412 e. The predicted octanol–water partition coefficient (Wildman–Crippen LogP) is 2.80. The lowest BCUT2D eigenvalue weighted by Crippen LogP contribution is -2.49. The Bertz CT molecular complexity index is 618. The third-order valence-corrected chi connectivity index (χ3v) is 5.05. The Labute approximate surface area is 156 Å². The molecule has 1 aromatic carbocycles. The molecule has 2 N–H and O–H groups in total. The molecule has 0 spiro atoms. The van der Waals surface area contributed by atoms with Gasteiger partial charge in [0.25, 0.3) is 0 Å². The summed E-state index contributed by atoms with van der Waals surface area (Å²) in [7, 11) is 0. The van der Waals surface area contributed by atoms with E-state index < -0.39 is 17.7 Å². The zero-order chi connectivity index (χ0) is 18.6. The molecule has 0 saturated carbocycles. The third-order valence-electron chi connectivity index (χ3n) is 3.47. The first-order valence-electron chi connectivity index (χ1n) is 8.00. The van der Waals surface area contributed by atoms with Crippen molar-refractivity contribution in [3.05, 3.63) is 34.9 Å². The van der Waals surface area contributed by atoms with Crippen LogP contribution in [0.3, 0.4) is 0 Å². The molecule has 0 aliphatic carbocycles. The molecule has 1 fully saturated rings. The molecule has 2 amide bonds. The van der Waals surface area contributed by atoms with E-state index in [9.17, 15) is 9.59 Å². The molecule has 1 saturated heterocycles. The number of halogens is 1. The maximum absolute atomic E-state index is 12.7. The average molecular weight is 387 g/mol. The molecular weight excluding hydrogens is 364 g/mol. The van der Waals surface area contributed by atoms with Gasteiger partial charge < -0.3 is 15.2 Å². The van der Waals surface area contributed by atoms with E-state index in [-0.39, 0.29) is 24.4 Å². The number of amides is 2. The highest BCUT2D eigenvalue weighted by Crippen LogP contribution is 2.42. The molecule has 1 aliphatic heterocycles. The van der Waals surface area contributed by atoms with Crippen molar-refractivity contribution in [2.75, 3.05) is 18.9 Å². The number of carbonyl (C=O) groups excluding carboxylic acids is 2. The second-order valence-corrected chi connectivity index (χ2v) is 8.20. The highest BCUT2D eigenvalue weighted by atomic mass is 35.5. The molecule has 0 bridgehead atoms. The summed E-state index contributed by atoms with van der Waals surface area (Å²) < 4.78 is 5.50. The number of aliphatic hydroxyl groups excluding tert-OH is 1. The van der Waals surface area contributed by atoms with Crippen molar-refractivity contribution < 1.29 is 19.4 Å². The fourth-order valence-corrected chi connectivity index (χ4v) is 3.97. The Hall–Kier alpha value is -1.44. The first kappa shape index (κ1) is 19.9. The summed E-state index contributed by atoms with van der Waals surface area (Å²) in [4.78, 5) is 26.6. The minimum Gasteiger partial charge on any atom is -0.444 e. The van der Waals surface area contributed by atoms with Gasteiger partial charge in [0.1, 0.15) is 17.0 Å². The van der Waals surface area contributed by atoms with Gasteiger partial charge in [0.05, 0.1) is 6.61 Å². The van der Waals surface area contributed by atoms with Gasteiger partial charge in [-0.1, -0.05) is 23.7 Å². The SMILES string of the molecule is CC(C)(C)OC(=O)N1C(C(=O)NCCO)CSC1c1ccc(Cl)cc1. The molecule has 2 rings (SSSR count). The van der Waals surface area contributed by atoms with Crippen LogP contribution >= 0.6 is 23.4 Å². The summed E-state index contributed by atoms with van der Waals surface area (Å²) in [6.07, 6.45) is -0.540. The van der Waals surface area contributed by atoms with E-state index in [4.69, 9.17) is 21.4 Å². The van der Waals surface area contributed by atoms with E-state index in [1.165, 1.54) is 16.7 Å². The van der Waals surface area contributed by atoms with Crippen molar-refractivity contribution in [1.29, 1.82) is 0 Å². The van der Waals surface area contributed by atoms with Crippen LogP contribution in [0.25, 0.3) is 0 Å². The Morgan fingerprint density at radius 2 is 2.00 bits per heavy atom. The lowest BCUT2D eigenvalue weighted by atomic mass is 10.1. The van der Waals surface area contributed by atoms with Crippen molar-refractivity contribution >= 4 is 35.4 Å². The second-order valence-electron chi connectivity index (χ2n) is 6.66. The first-order valence-corrected chi connectivity index (χ1v) is 9.42. The summed E-state index contributed by atoms with van der Waals surface area (Å²) >= 11 is 7.43. The summed E-state index contributed by atoms with van der Waals surface area (Å²) in [6, 6.07) is 6.52. The molecule has 8 heteroatoms.